The van der Waals surface area contributed by atoms with Gasteiger partial charge in [0.05, 0.1) is 23.6 Å². The highest BCUT2D eigenvalue weighted by atomic mass is 16.2. The topological polar surface area (TPSA) is 77.2 Å². The third kappa shape index (κ3) is 2.42. The van der Waals surface area contributed by atoms with Gasteiger partial charge in [0.15, 0.2) is 0 Å². The van der Waals surface area contributed by atoms with Crippen molar-refractivity contribution in [2.24, 2.45) is 0 Å². The summed E-state index contributed by atoms with van der Waals surface area (Å²) in [5.41, 5.74) is 4.92. The van der Waals surface area contributed by atoms with Crippen LogP contribution in [0.4, 0.5) is 11.4 Å². The van der Waals surface area contributed by atoms with Gasteiger partial charge < -0.3 is 20.7 Å². The van der Waals surface area contributed by atoms with Gasteiger partial charge in [0, 0.05) is 24.5 Å². The van der Waals surface area contributed by atoms with Gasteiger partial charge in [-0.25, -0.2) is 0 Å². The molecular weight excluding hydrogens is 278 g/mol. The lowest BCUT2D eigenvalue weighted by Gasteiger charge is -2.04. The molecule has 22 heavy (non-hydrogen) atoms. The summed E-state index contributed by atoms with van der Waals surface area (Å²) in [5, 5.41) is 14.9. The predicted octanol–water partition coefficient (Wildman–Crippen LogP) is 2.55. The van der Waals surface area contributed by atoms with Crippen LogP contribution in [0.25, 0.3) is 17.7 Å². The second-order valence-electron chi connectivity index (χ2n) is 4.92. The number of aromatic nitrogens is 1. The minimum atomic E-state index is -0.128. The zero-order chi connectivity index (χ0) is 15.5. The summed E-state index contributed by atoms with van der Waals surface area (Å²) < 4.78 is 0. The van der Waals surface area contributed by atoms with Crippen LogP contribution in [0.3, 0.4) is 0 Å². The van der Waals surface area contributed by atoms with E-state index in [0.29, 0.717) is 5.57 Å². The molecule has 0 atom stereocenters. The third-order valence-electron chi connectivity index (χ3n) is 3.60. The normalized spacial score (nSPS) is 15.4. The van der Waals surface area contributed by atoms with Crippen LogP contribution in [0, 0.1) is 0 Å². The van der Waals surface area contributed by atoms with E-state index in [1.807, 2.05) is 49.7 Å². The summed E-state index contributed by atoms with van der Waals surface area (Å²) in [6.45, 7) is -0.0371. The van der Waals surface area contributed by atoms with Crippen LogP contribution in [0.2, 0.25) is 0 Å². The van der Waals surface area contributed by atoms with Crippen LogP contribution < -0.4 is 10.6 Å². The summed E-state index contributed by atoms with van der Waals surface area (Å²) in [7, 11) is 1.84. The van der Waals surface area contributed by atoms with Crippen LogP contribution in [0.15, 0.2) is 36.5 Å². The van der Waals surface area contributed by atoms with E-state index in [-0.39, 0.29) is 12.5 Å². The molecule has 0 unspecified atom stereocenters. The first-order chi connectivity index (χ1) is 10.7. The van der Waals surface area contributed by atoms with Crippen molar-refractivity contribution >= 4 is 35.0 Å². The van der Waals surface area contributed by atoms with E-state index in [2.05, 4.69) is 15.6 Å². The number of carbonyl (C=O) groups excluding carboxylic acids is 1. The number of fused-ring (bicyclic) bond motifs is 1. The molecule has 4 N–H and O–H groups in total. The number of aliphatic hydroxyl groups is 1. The molecule has 0 radical (unpaired) electrons. The smallest absolute Gasteiger partial charge is 0.256 e. The molecular formula is C17H17N3O2. The maximum atomic E-state index is 12.3. The average Bonchev–Trinajstić information content (AvgIpc) is 3.10. The summed E-state index contributed by atoms with van der Waals surface area (Å²) in [6, 6.07) is 7.59. The SMILES string of the molecule is CNc1cc[nH]c1C=C1C(=O)Nc2cccc(C=CCO)c21. The van der Waals surface area contributed by atoms with Crippen molar-refractivity contribution < 1.29 is 9.90 Å². The lowest BCUT2D eigenvalue weighted by atomic mass is 9.99. The van der Waals surface area contributed by atoms with Gasteiger partial charge in [0.1, 0.15) is 0 Å². The summed E-state index contributed by atoms with van der Waals surface area (Å²) in [6.07, 6.45) is 7.14. The number of carbonyl (C=O) groups is 1. The Morgan fingerprint density at radius 1 is 1.32 bits per heavy atom. The zero-order valence-corrected chi connectivity index (χ0v) is 12.2. The van der Waals surface area contributed by atoms with E-state index in [1.54, 1.807) is 6.08 Å². The van der Waals surface area contributed by atoms with Crippen LogP contribution in [0.5, 0.6) is 0 Å². The fraction of sp³-hybridized carbons (Fsp3) is 0.118. The molecule has 0 saturated carbocycles. The fourth-order valence-electron chi connectivity index (χ4n) is 2.60. The molecule has 1 aromatic carbocycles. The largest absolute Gasteiger partial charge is 0.392 e. The maximum absolute atomic E-state index is 12.3. The Balaban J connectivity index is 2.13. The van der Waals surface area contributed by atoms with E-state index in [1.165, 1.54) is 0 Å². The molecule has 1 aliphatic heterocycles. The molecule has 2 aromatic rings. The van der Waals surface area contributed by atoms with E-state index < -0.39 is 0 Å². The first-order valence-corrected chi connectivity index (χ1v) is 7.03. The van der Waals surface area contributed by atoms with Crippen LogP contribution in [0.1, 0.15) is 16.8 Å². The number of hydrogen-bond acceptors (Lipinski definition) is 3. The van der Waals surface area contributed by atoms with Crippen molar-refractivity contribution in [1.82, 2.24) is 4.98 Å². The van der Waals surface area contributed by atoms with Crippen molar-refractivity contribution in [1.29, 1.82) is 0 Å². The number of anilines is 2. The number of rotatable bonds is 4. The Kier molecular flexibility index (Phi) is 3.80. The van der Waals surface area contributed by atoms with Crippen molar-refractivity contribution in [3.05, 3.63) is 53.4 Å². The second-order valence-corrected chi connectivity index (χ2v) is 4.92. The Hall–Kier alpha value is -2.79. The lowest BCUT2D eigenvalue weighted by molar-refractivity contribution is -0.110. The zero-order valence-electron chi connectivity index (χ0n) is 12.2. The first kappa shape index (κ1) is 14.2. The standard InChI is InChI=1S/C17H17N3O2/c1-18-13-7-8-19-15(13)10-12-16-11(5-3-9-21)4-2-6-14(16)20-17(12)22/h2-8,10,18-19,21H,9H2,1H3,(H,20,22). The van der Waals surface area contributed by atoms with Crippen LogP contribution >= 0.6 is 0 Å². The maximum Gasteiger partial charge on any atom is 0.256 e. The monoisotopic (exact) mass is 295 g/mol. The van der Waals surface area contributed by atoms with Gasteiger partial charge in [-0.05, 0) is 23.8 Å². The van der Waals surface area contributed by atoms with Gasteiger partial charge >= 0.3 is 0 Å². The van der Waals surface area contributed by atoms with Crippen molar-refractivity contribution in [2.45, 2.75) is 0 Å². The Labute approximate surface area is 128 Å². The summed E-state index contributed by atoms with van der Waals surface area (Å²) >= 11 is 0. The number of amides is 1. The molecule has 0 saturated heterocycles. The first-order valence-electron chi connectivity index (χ1n) is 7.03. The molecule has 0 bridgehead atoms. The number of nitrogens with one attached hydrogen (secondary N) is 3. The highest BCUT2D eigenvalue weighted by Gasteiger charge is 2.26. The van der Waals surface area contributed by atoms with E-state index in [4.69, 9.17) is 5.11 Å². The molecule has 0 spiro atoms. The molecule has 5 nitrogen and oxygen atoms in total. The number of aliphatic hydroxyl groups excluding tert-OH is 1. The molecule has 112 valence electrons. The average molecular weight is 295 g/mol. The van der Waals surface area contributed by atoms with Crippen LogP contribution in [-0.4, -0.2) is 29.7 Å². The number of aromatic amines is 1. The molecule has 0 aliphatic carbocycles. The van der Waals surface area contributed by atoms with Gasteiger partial charge in [-0.1, -0.05) is 24.3 Å². The quantitative estimate of drug-likeness (QED) is 0.655. The molecule has 5 heteroatoms. The van der Waals surface area contributed by atoms with Gasteiger partial charge in [0.25, 0.3) is 5.91 Å². The van der Waals surface area contributed by atoms with E-state index >= 15 is 0 Å². The van der Waals surface area contributed by atoms with Gasteiger partial charge in [-0.15, -0.1) is 0 Å². The minimum Gasteiger partial charge on any atom is -0.392 e. The van der Waals surface area contributed by atoms with Gasteiger partial charge in [0.2, 0.25) is 0 Å². The lowest BCUT2D eigenvalue weighted by Crippen LogP contribution is -2.03. The van der Waals surface area contributed by atoms with Crippen LogP contribution in [-0.2, 0) is 4.79 Å². The number of hydrogen-bond donors (Lipinski definition) is 4. The number of H-pyrrole nitrogens is 1. The molecule has 1 aliphatic rings. The Bertz CT molecular complexity index is 772. The molecule has 2 heterocycles. The van der Waals surface area contributed by atoms with E-state index in [9.17, 15) is 4.79 Å². The fourth-order valence-corrected chi connectivity index (χ4v) is 2.60. The highest BCUT2D eigenvalue weighted by Crippen LogP contribution is 2.36. The van der Waals surface area contributed by atoms with Crippen molar-refractivity contribution in [2.75, 3.05) is 24.3 Å². The molecule has 0 fully saturated rings. The van der Waals surface area contributed by atoms with Gasteiger partial charge in [-0.3, -0.25) is 4.79 Å². The summed E-state index contributed by atoms with van der Waals surface area (Å²) in [4.78, 5) is 15.4. The Morgan fingerprint density at radius 2 is 2.18 bits per heavy atom. The van der Waals surface area contributed by atoms with Gasteiger partial charge in [-0.2, -0.15) is 0 Å². The Morgan fingerprint density at radius 3 is 2.95 bits per heavy atom. The minimum absolute atomic E-state index is 0.0371. The molecule has 1 amide bonds. The third-order valence-corrected chi connectivity index (χ3v) is 3.60. The van der Waals surface area contributed by atoms with Crippen molar-refractivity contribution in [3.63, 3.8) is 0 Å². The second kappa shape index (κ2) is 5.91. The number of benzene rings is 1. The van der Waals surface area contributed by atoms with E-state index in [0.717, 1.165) is 28.2 Å². The van der Waals surface area contributed by atoms with Crippen molar-refractivity contribution in [3.8, 4) is 0 Å². The molecule has 1 aromatic heterocycles. The molecule has 3 rings (SSSR count). The summed E-state index contributed by atoms with van der Waals surface area (Å²) in [5.74, 6) is -0.128. The highest BCUT2D eigenvalue weighted by molar-refractivity contribution is 6.35. The predicted molar refractivity (Wildman–Crippen MR) is 89.4 cm³/mol.